The average Bonchev–Trinajstić information content (AvgIpc) is 2.84. The molecule has 1 N–H and O–H groups in total. The molecular formula is C27H30N4O2. The number of nitrogens with one attached hydrogen (secondary N) is 1. The standard InChI is InChI=1S/C27H30N4O2/c1-4-33-23-9-10-25-24(15-23)26(21(16-28)17-29-25)31-13-11-20(12-14-31)27(32)30-22-7-5-19(6-8-22)18(2)3/h5-10,15,17-18,20H,4,11-14H2,1-3H3,(H,30,32). The maximum Gasteiger partial charge on any atom is 0.227 e. The zero-order valence-corrected chi connectivity index (χ0v) is 19.5. The molecule has 6 nitrogen and oxygen atoms in total. The van der Waals surface area contributed by atoms with Crippen LogP contribution in [0.4, 0.5) is 11.4 Å². The van der Waals surface area contributed by atoms with Crippen molar-refractivity contribution in [1.29, 1.82) is 5.26 Å². The Bertz CT molecular complexity index is 1170. The Hall–Kier alpha value is -3.59. The Morgan fingerprint density at radius 2 is 1.94 bits per heavy atom. The van der Waals surface area contributed by atoms with Crippen molar-refractivity contribution in [3.8, 4) is 11.8 Å². The van der Waals surface area contributed by atoms with Crippen molar-refractivity contribution < 1.29 is 9.53 Å². The van der Waals surface area contributed by atoms with Gasteiger partial charge in [0, 0.05) is 36.3 Å². The summed E-state index contributed by atoms with van der Waals surface area (Å²) >= 11 is 0. The van der Waals surface area contributed by atoms with Crippen molar-refractivity contribution in [2.24, 2.45) is 5.92 Å². The molecule has 0 aliphatic carbocycles. The average molecular weight is 443 g/mol. The third kappa shape index (κ3) is 4.93. The second kappa shape index (κ2) is 9.91. The van der Waals surface area contributed by atoms with Crippen molar-refractivity contribution in [3.05, 3.63) is 59.8 Å². The minimum Gasteiger partial charge on any atom is -0.494 e. The van der Waals surface area contributed by atoms with E-state index in [1.807, 2.05) is 37.3 Å². The van der Waals surface area contributed by atoms with Gasteiger partial charge >= 0.3 is 0 Å². The van der Waals surface area contributed by atoms with Crippen LogP contribution in [0.5, 0.6) is 5.75 Å². The number of hydrogen-bond acceptors (Lipinski definition) is 5. The van der Waals surface area contributed by atoms with E-state index in [-0.39, 0.29) is 11.8 Å². The van der Waals surface area contributed by atoms with Gasteiger partial charge in [-0.05, 0) is 61.6 Å². The molecule has 0 bridgehead atoms. The van der Waals surface area contributed by atoms with Crippen LogP contribution in [0, 0.1) is 17.2 Å². The number of anilines is 2. The monoisotopic (exact) mass is 442 g/mol. The van der Waals surface area contributed by atoms with Crippen LogP contribution in [0.3, 0.4) is 0 Å². The molecule has 0 atom stereocenters. The lowest BCUT2D eigenvalue weighted by Crippen LogP contribution is -2.38. The topological polar surface area (TPSA) is 78.2 Å². The number of rotatable bonds is 6. The van der Waals surface area contributed by atoms with Crippen LogP contribution in [0.2, 0.25) is 0 Å². The molecule has 1 aliphatic rings. The van der Waals surface area contributed by atoms with Crippen LogP contribution >= 0.6 is 0 Å². The van der Waals surface area contributed by atoms with Crippen molar-refractivity contribution in [2.45, 2.75) is 39.5 Å². The molecule has 6 heteroatoms. The molecule has 1 fully saturated rings. The Labute approximate surface area is 195 Å². The van der Waals surface area contributed by atoms with Gasteiger partial charge in [0.1, 0.15) is 11.8 Å². The van der Waals surface area contributed by atoms with Crippen LogP contribution in [0.1, 0.15) is 50.7 Å². The molecule has 1 aliphatic heterocycles. The van der Waals surface area contributed by atoms with Crippen LogP contribution in [0.15, 0.2) is 48.7 Å². The van der Waals surface area contributed by atoms with E-state index in [4.69, 9.17) is 4.74 Å². The number of fused-ring (bicyclic) bond motifs is 1. The Morgan fingerprint density at radius 3 is 2.58 bits per heavy atom. The van der Waals surface area contributed by atoms with Crippen molar-refractivity contribution in [3.63, 3.8) is 0 Å². The molecule has 0 saturated carbocycles. The summed E-state index contributed by atoms with van der Waals surface area (Å²) in [5, 5.41) is 13.7. The molecule has 1 aromatic heterocycles. The summed E-state index contributed by atoms with van der Waals surface area (Å²) in [5.74, 6) is 1.24. The van der Waals surface area contributed by atoms with Crippen LogP contribution < -0.4 is 15.0 Å². The number of carbonyl (C=O) groups is 1. The van der Waals surface area contributed by atoms with E-state index >= 15 is 0 Å². The minimum absolute atomic E-state index is 0.0522. The Kier molecular flexibility index (Phi) is 6.79. The van der Waals surface area contributed by atoms with E-state index in [0.29, 0.717) is 31.2 Å². The molecule has 33 heavy (non-hydrogen) atoms. The zero-order valence-electron chi connectivity index (χ0n) is 19.5. The number of nitriles is 1. The molecule has 0 spiro atoms. The predicted octanol–water partition coefficient (Wildman–Crippen LogP) is 5.48. The number of benzene rings is 2. The highest BCUT2D eigenvalue weighted by Gasteiger charge is 2.27. The summed E-state index contributed by atoms with van der Waals surface area (Å²) < 4.78 is 5.67. The fourth-order valence-electron chi connectivity index (χ4n) is 4.40. The molecule has 170 valence electrons. The maximum absolute atomic E-state index is 12.9. The molecular weight excluding hydrogens is 412 g/mol. The van der Waals surface area contributed by atoms with Crippen LogP contribution in [0.25, 0.3) is 10.9 Å². The quantitative estimate of drug-likeness (QED) is 0.547. The lowest BCUT2D eigenvalue weighted by Gasteiger charge is -2.34. The van der Waals surface area contributed by atoms with Gasteiger partial charge in [0.15, 0.2) is 0 Å². The van der Waals surface area contributed by atoms with E-state index in [0.717, 1.165) is 40.9 Å². The van der Waals surface area contributed by atoms with Gasteiger partial charge in [-0.1, -0.05) is 26.0 Å². The molecule has 3 aromatic rings. The minimum atomic E-state index is -0.0522. The lowest BCUT2D eigenvalue weighted by molar-refractivity contribution is -0.120. The van der Waals surface area contributed by atoms with Crippen LogP contribution in [-0.4, -0.2) is 30.6 Å². The third-order valence-corrected chi connectivity index (χ3v) is 6.27. The van der Waals surface area contributed by atoms with Crippen molar-refractivity contribution in [1.82, 2.24) is 4.98 Å². The van der Waals surface area contributed by atoms with Gasteiger partial charge in [0.2, 0.25) is 5.91 Å². The molecule has 1 amide bonds. The number of hydrogen-bond donors (Lipinski definition) is 1. The highest BCUT2D eigenvalue weighted by atomic mass is 16.5. The van der Waals surface area contributed by atoms with E-state index in [1.165, 1.54) is 5.56 Å². The Morgan fingerprint density at radius 1 is 1.21 bits per heavy atom. The normalized spacial score (nSPS) is 14.3. The van der Waals surface area contributed by atoms with Gasteiger partial charge in [-0.3, -0.25) is 9.78 Å². The SMILES string of the molecule is CCOc1ccc2ncc(C#N)c(N3CCC(C(=O)Nc4ccc(C(C)C)cc4)CC3)c2c1. The first kappa shape index (κ1) is 22.6. The number of amides is 1. The highest BCUT2D eigenvalue weighted by molar-refractivity contribution is 5.96. The maximum atomic E-state index is 12.9. The first-order chi connectivity index (χ1) is 16.0. The smallest absolute Gasteiger partial charge is 0.227 e. The fraction of sp³-hybridized carbons (Fsp3) is 0.370. The Balaban J connectivity index is 1.48. The molecule has 4 rings (SSSR count). The number of piperidine rings is 1. The van der Waals surface area contributed by atoms with Gasteiger partial charge in [-0.15, -0.1) is 0 Å². The van der Waals surface area contributed by atoms with Crippen molar-refractivity contribution >= 4 is 28.2 Å². The number of aromatic nitrogens is 1. The largest absolute Gasteiger partial charge is 0.494 e. The van der Waals surface area contributed by atoms with Gasteiger partial charge in [0.25, 0.3) is 0 Å². The summed E-state index contributed by atoms with van der Waals surface area (Å²) in [7, 11) is 0. The van der Waals surface area contributed by atoms with Crippen molar-refractivity contribution in [2.75, 3.05) is 29.9 Å². The fourth-order valence-corrected chi connectivity index (χ4v) is 4.40. The number of ether oxygens (including phenoxy) is 1. The van der Waals surface area contributed by atoms with Gasteiger partial charge < -0.3 is 15.0 Å². The lowest BCUT2D eigenvalue weighted by atomic mass is 9.94. The molecule has 2 heterocycles. The van der Waals surface area contributed by atoms with E-state index in [2.05, 4.69) is 47.3 Å². The summed E-state index contributed by atoms with van der Waals surface area (Å²) in [6, 6.07) is 16.2. The molecule has 0 unspecified atom stereocenters. The second-order valence-corrected chi connectivity index (χ2v) is 8.77. The third-order valence-electron chi connectivity index (χ3n) is 6.27. The second-order valence-electron chi connectivity index (χ2n) is 8.77. The summed E-state index contributed by atoms with van der Waals surface area (Å²) in [4.78, 5) is 19.5. The van der Waals surface area contributed by atoms with Gasteiger partial charge in [-0.25, -0.2) is 0 Å². The van der Waals surface area contributed by atoms with E-state index < -0.39 is 0 Å². The van der Waals surface area contributed by atoms with Crippen LogP contribution in [-0.2, 0) is 4.79 Å². The molecule has 1 saturated heterocycles. The zero-order chi connectivity index (χ0) is 23.4. The van der Waals surface area contributed by atoms with E-state index in [9.17, 15) is 10.1 Å². The first-order valence-electron chi connectivity index (χ1n) is 11.6. The summed E-state index contributed by atoms with van der Waals surface area (Å²) in [6.45, 7) is 8.25. The number of carbonyl (C=O) groups excluding carboxylic acids is 1. The first-order valence-corrected chi connectivity index (χ1v) is 11.6. The summed E-state index contributed by atoms with van der Waals surface area (Å²) in [6.07, 6.45) is 3.10. The van der Waals surface area contributed by atoms with E-state index in [1.54, 1.807) is 6.20 Å². The van der Waals surface area contributed by atoms with Gasteiger partial charge in [-0.2, -0.15) is 5.26 Å². The number of pyridine rings is 1. The predicted molar refractivity (Wildman–Crippen MR) is 132 cm³/mol. The molecule has 0 radical (unpaired) electrons. The van der Waals surface area contributed by atoms with Gasteiger partial charge in [0.05, 0.1) is 23.4 Å². The highest BCUT2D eigenvalue weighted by Crippen LogP contribution is 2.34. The number of nitrogens with zero attached hydrogens (tertiary/aromatic N) is 3. The summed E-state index contributed by atoms with van der Waals surface area (Å²) in [5.41, 5.74) is 4.35. The molecule has 2 aromatic carbocycles.